The van der Waals surface area contributed by atoms with E-state index in [2.05, 4.69) is 12.2 Å². The SMILES string of the molecule is CCNC(CCCCOC)C1CC1. The van der Waals surface area contributed by atoms with Gasteiger partial charge in [0.05, 0.1) is 0 Å². The van der Waals surface area contributed by atoms with Crippen LogP contribution in [0.4, 0.5) is 0 Å². The first-order chi connectivity index (χ1) is 6.38. The monoisotopic (exact) mass is 185 g/mol. The highest BCUT2D eigenvalue weighted by molar-refractivity contribution is 4.85. The summed E-state index contributed by atoms with van der Waals surface area (Å²) in [6.07, 6.45) is 6.75. The molecule has 0 heterocycles. The smallest absolute Gasteiger partial charge is 0.0462 e. The second-order valence-corrected chi connectivity index (χ2v) is 3.99. The van der Waals surface area contributed by atoms with Crippen molar-refractivity contribution < 1.29 is 4.74 Å². The number of hydrogen-bond acceptors (Lipinski definition) is 2. The highest BCUT2D eigenvalue weighted by Crippen LogP contribution is 2.34. The van der Waals surface area contributed by atoms with Gasteiger partial charge in [0.15, 0.2) is 0 Å². The van der Waals surface area contributed by atoms with Gasteiger partial charge in [-0.15, -0.1) is 0 Å². The van der Waals surface area contributed by atoms with Crippen molar-refractivity contribution in [1.82, 2.24) is 5.32 Å². The lowest BCUT2D eigenvalue weighted by atomic mass is 10.1. The van der Waals surface area contributed by atoms with Gasteiger partial charge in [0.25, 0.3) is 0 Å². The van der Waals surface area contributed by atoms with E-state index in [1.807, 2.05) is 0 Å². The normalized spacial score (nSPS) is 18.9. The fraction of sp³-hybridized carbons (Fsp3) is 1.00. The molecule has 0 bridgehead atoms. The average molecular weight is 185 g/mol. The van der Waals surface area contributed by atoms with Gasteiger partial charge in [-0.25, -0.2) is 0 Å². The molecule has 1 unspecified atom stereocenters. The van der Waals surface area contributed by atoms with E-state index in [4.69, 9.17) is 4.74 Å². The number of unbranched alkanes of at least 4 members (excludes halogenated alkanes) is 1. The van der Waals surface area contributed by atoms with Crippen LogP contribution >= 0.6 is 0 Å². The van der Waals surface area contributed by atoms with Crippen LogP contribution in [0.15, 0.2) is 0 Å². The number of methoxy groups -OCH3 is 1. The van der Waals surface area contributed by atoms with Crippen LogP contribution in [0.25, 0.3) is 0 Å². The minimum atomic E-state index is 0.793. The summed E-state index contributed by atoms with van der Waals surface area (Å²) in [4.78, 5) is 0. The lowest BCUT2D eigenvalue weighted by Crippen LogP contribution is -2.30. The summed E-state index contributed by atoms with van der Waals surface area (Å²) < 4.78 is 5.04. The third-order valence-electron chi connectivity index (χ3n) is 2.77. The molecule has 0 aromatic heterocycles. The molecule has 0 aliphatic heterocycles. The molecule has 1 saturated carbocycles. The first-order valence-electron chi connectivity index (χ1n) is 5.60. The molecule has 2 heteroatoms. The van der Waals surface area contributed by atoms with E-state index in [0.717, 1.165) is 25.1 Å². The standard InChI is InChI=1S/C11H23NO/c1-3-12-11(10-7-8-10)6-4-5-9-13-2/h10-12H,3-9H2,1-2H3. The van der Waals surface area contributed by atoms with Crippen LogP contribution in [0, 0.1) is 5.92 Å². The van der Waals surface area contributed by atoms with E-state index in [0.29, 0.717) is 0 Å². The quantitative estimate of drug-likeness (QED) is 0.585. The van der Waals surface area contributed by atoms with Gasteiger partial charge < -0.3 is 10.1 Å². The van der Waals surface area contributed by atoms with Crippen LogP contribution in [0.1, 0.15) is 39.0 Å². The molecular formula is C11H23NO. The zero-order valence-electron chi connectivity index (χ0n) is 9.01. The molecule has 0 saturated heterocycles. The van der Waals surface area contributed by atoms with Crippen molar-refractivity contribution >= 4 is 0 Å². The molecule has 0 aromatic rings. The van der Waals surface area contributed by atoms with E-state index in [9.17, 15) is 0 Å². The summed E-state index contributed by atoms with van der Waals surface area (Å²) in [5, 5.41) is 3.58. The molecule has 0 aromatic carbocycles. The van der Waals surface area contributed by atoms with E-state index in [1.165, 1.54) is 32.1 Å². The molecule has 13 heavy (non-hydrogen) atoms. The Morgan fingerprint density at radius 3 is 2.69 bits per heavy atom. The van der Waals surface area contributed by atoms with Crippen LogP contribution in [0.3, 0.4) is 0 Å². The fourth-order valence-corrected chi connectivity index (χ4v) is 1.88. The highest BCUT2D eigenvalue weighted by atomic mass is 16.5. The topological polar surface area (TPSA) is 21.3 Å². The summed E-state index contributed by atoms with van der Waals surface area (Å²) in [5.41, 5.74) is 0. The van der Waals surface area contributed by atoms with Crippen molar-refractivity contribution in [3.05, 3.63) is 0 Å². The summed E-state index contributed by atoms with van der Waals surface area (Å²) in [6.45, 7) is 4.24. The van der Waals surface area contributed by atoms with Crippen LogP contribution < -0.4 is 5.32 Å². The van der Waals surface area contributed by atoms with E-state index < -0.39 is 0 Å². The predicted octanol–water partition coefficient (Wildman–Crippen LogP) is 2.19. The van der Waals surface area contributed by atoms with E-state index in [1.54, 1.807) is 7.11 Å². The molecule has 0 spiro atoms. The van der Waals surface area contributed by atoms with Crippen LogP contribution in [-0.4, -0.2) is 26.3 Å². The lowest BCUT2D eigenvalue weighted by Gasteiger charge is -2.16. The Kier molecular flexibility index (Phi) is 5.40. The molecule has 0 radical (unpaired) electrons. The van der Waals surface area contributed by atoms with Gasteiger partial charge >= 0.3 is 0 Å². The van der Waals surface area contributed by atoms with Crippen molar-refractivity contribution in [1.29, 1.82) is 0 Å². The number of ether oxygens (including phenoxy) is 1. The van der Waals surface area contributed by atoms with Crippen LogP contribution in [-0.2, 0) is 4.74 Å². The zero-order chi connectivity index (χ0) is 9.52. The maximum atomic E-state index is 5.04. The second kappa shape index (κ2) is 6.39. The molecule has 2 nitrogen and oxygen atoms in total. The van der Waals surface area contributed by atoms with Gasteiger partial charge in [0.2, 0.25) is 0 Å². The largest absolute Gasteiger partial charge is 0.385 e. The Bertz CT molecular complexity index is 123. The summed E-state index contributed by atoms with van der Waals surface area (Å²) in [5.74, 6) is 0.988. The molecule has 1 aliphatic carbocycles. The Balaban J connectivity index is 2.00. The van der Waals surface area contributed by atoms with Gasteiger partial charge in [-0.1, -0.05) is 6.92 Å². The molecule has 0 amide bonds. The molecule has 78 valence electrons. The summed E-state index contributed by atoms with van der Waals surface area (Å²) >= 11 is 0. The minimum absolute atomic E-state index is 0.793. The Morgan fingerprint density at radius 1 is 1.38 bits per heavy atom. The Hall–Kier alpha value is -0.0800. The molecular weight excluding hydrogens is 162 g/mol. The van der Waals surface area contributed by atoms with Crippen LogP contribution in [0.5, 0.6) is 0 Å². The molecule has 1 aliphatic rings. The van der Waals surface area contributed by atoms with Crippen LogP contribution in [0.2, 0.25) is 0 Å². The molecule has 1 N–H and O–H groups in total. The third-order valence-corrected chi connectivity index (χ3v) is 2.77. The Morgan fingerprint density at radius 2 is 2.15 bits per heavy atom. The lowest BCUT2D eigenvalue weighted by molar-refractivity contribution is 0.190. The molecule has 1 atom stereocenters. The maximum absolute atomic E-state index is 5.04. The van der Waals surface area contributed by atoms with Gasteiger partial charge in [0, 0.05) is 19.8 Å². The zero-order valence-corrected chi connectivity index (χ0v) is 9.01. The predicted molar refractivity (Wildman–Crippen MR) is 55.9 cm³/mol. The van der Waals surface area contributed by atoms with Gasteiger partial charge in [0.1, 0.15) is 0 Å². The van der Waals surface area contributed by atoms with Crippen molar-refractivity contribution in [2.75, 3.05) is 20.3 Å². The van der Waals surface area contributed by atoms with Crippen molar-refractivity contribution in [3.8, 4) is 0 Å². The first-order valence-corrected chi connectivity index (χ1v) is 5.60. The van der Waals surface area contributed by atoms with Crippen molar-refractivity contribution in [3.63, 3.8) is 0 Å². The first kappa shape index (κ1) is 11.0. The highest BCUT2D eigenvalue weighted by Gasteiger charge is 2.29. The number of nitrogens with one attached hydrogen (secondary N) is 1. The number of hydrogen-bond donors (Lipinski definition) is 1. The van der Waals surface area contributed by atoms with Gasteiger partial charge in [-0.2, -0.15) is 0 Å². The average Bonchev–Trinajstić information content (AvgIpc) is 2.93. The third kappa shape index (κ3) is 4.63. The fourth-order valence-electron chi connectivity index (χ4n) is 1.88. The van der Waals surface area contributed by atoms with Crippen molar-refractivity contribution in [2.45, 2.75) is 45.1 Å². The number of rotatable bonds is 8. The minimum Gasteiger partial charge on any atom is -0.385 e. The molecule has 1 rings (SSSR count). The molecule has 1 fully saturated rings. The Labute approximate surface area is 82.0 Å². The van der Waals surface area contributed by atoms with E-state index in [-0.39, 0.29) is 0 Å². The summed E-state index contributed by atoms with van der Waals surface area (Å²) in [6, 6.07) is 0.793. The summed E-state index contributed by atoms with van der Waals surface area (Å²) in [7, 11) is 1.78. The van der Waals surface area contributed by atoms with Crippen molar-refractivity contribution in [2.24, 2.45) is 5.92 Å². The van der Waals surface area contributed by atoms with E-state index >= 15 is 0 Å². The van der Waals surface area contributed by atoms with Gasteiger partial charge in [-0.3, -0.25) is 0 Å². The second-order valence-electron chi connectivity index (χ2n) is 3.99. The van der Waals surface area contributed by atoms with Gasteiger partial charge in [-0.05, 0) is 44.6 Å². The maximum Gasteiger partial charge on any atom is 0.0462 e.